The average molecular weight is 782 g/mol. The number of aromatic nitrogens is 4. The molecular weight excluding hydrogens is 735 g/mol. The molecule has 14 nitrogen and oxygen atoms in total. The second-order valence-electron chi connectivity index (χ2n) is 15.7. The van der Waals surface area contributed by atoms with Gasteiger partial charge >= 0.3 is 12.2 Å². The van der Waals surface area contributed by atoms with E-state index in [2.05, 4.69) is 20.6 Å². The number of ether oxygens (including phenoxy) is 2. The summed E-state index contributed by atoms with van der Waals surface area (Å²) in [6, 6.07) is 7.16. The van der Waals surface area contributed by atoms with Gasteiger partial charge in [0, 0.05) is 56.4 Å². The van der Waals surface area contributed by atoms with Crippen molar-refractivity contribution in [1.29, 1.82) is 0 Å². The van der Waals surface area contributed by atoms with Gasteiger partial charge in [-0.05, 0) is 64.8 Å². The molecule has 1 aromatic carbocycles. The minimum Gasteiger partial charge on any atom is -0.444 e. The molecule has 1 unspecified atom stereocenters. The first-order chi connectivity index (χ1) is 25.3. The Hall–Kier alpha value is -4.82. The van der Waals surface area contributed by atoms with Gasteiger partial charge in [0.2, 0.25) is 0 Å². The van der Waals surface area contributed by atoms with Gasteiger partial charge in [-0.2, -0.15) is 0 Å². The van der Waals surface area contributed by atoms with Gasteiger partial charge in [-0.25, -0.2) is 19.6 Å². The number of nitrogens with zero attached hydrogens (tertiary/aromatic N) is 6. The van der Waals surface area contributed by atoms with Crippen LogP contribution < -0.4 is 10.6 Å². The molecule has 288 valence electrons. The van der Waals surface area contributed by atoms with E-state index in [0.717, 1.165) is 11.4 Å². The van der Waals surface area contributed by atoms with Crippen LogP contribution in [-0.2, 0) is 49.5 Å². The molecule has 6 rings (SSSR count). The van der Waals surface area contributed by atoms with Crippen molar-refractivity contribution in [3.8, 4) is 0 Å². The van der Waals surface area contributed by atoms with E-state index in [9.17, 15) is 19.2 Å². The van der Waals surface area contributed by atoms with E-state index in [-0.39, 0.29) is 24.7 Å². The van der Waals surface area contributed by atoms with E-state index < -0.39 is 46.2 Å². The highest BCUT2D eigenvalue weighted by atomic mass is 35.5. The Balaban J connectivity index is 1.30. The molecule has 4 heterocycles. The summed E-state index contributed by atoms with van der Waals surface area (Å²) < 4.78 is 14.5. The molecule has 0 spiro atoms. The molecule has 0 radical (unpaired) electrons. The van der Waals surface area contributed by atoms with Crippen LogP contribution in [0.4, 0.5) is 9.59 Å². The number of carbonyl (C=O) groups excluding carboxylic acids is 4. The summed E-state index contributed by atoms with van der Waals surface area (Å²) in [6.07, 6.45) is 5.08. The Kier molecular flexibility index (Phi) is 10.4. The minimum absolute atomic E-state index is 0.0699. The molecule has 54 heavy (non-hydrogen) atoms. The lowest BCUT2D eigenvalue weighted by atomic mass is 9.88. The number of imidazole rings is 2. The summed E-state index contributed by atoms with van der Waals surface area (Å²) >= 11 is 13.9. The second-order valence-corrected chi connectivity index (χ2v) is 16.5. The Morgan fingerprint density at radius 3 is 1.70 bits per heavy atom. The topological polar surface area (TPSA) is 153 Å². The van der Waals surface area contributed by atoms with Crippen molar-refractivity contribution < 1.29 is 28.7 Å². The minimum atomic E-state index is -1.69. The monoisotopic (exact) mass is 780 g/mol. The third-order valence-corrected chi connectivity index (χ3v) is 10.3. The summed E-state index contributed by atoms with van der Waals surface area (Å²) in [7, 11) is 3.47. The fraction of sp³-hybridized carbons (Fsp3) is 0.474. The molecule has 1 aliphatic carbocycles. The van der Waals surface area contributed by atoms with Crippen LogP contribution >= 0.6 is 23.2 Å². The van der Waals surface area contributed by atoms with Crippen LogP contribution in [-0.4, -0.2) is 88.2 Å². The van der Waals surface area contributed by atoms with Crippen molar-refractivity contribution in [2.75, 3.05) is 13.1 Å². The Morgan fingerprint density at radius 1 is 0.796 bits per heavy atom. The number of fused-ring (bicyclic) bond motifs is 2. The van der Waals surface area contributed by atoms with Crippen LogP contribution in [0, 0.1) is 0 Å². The number of halogens is 2. The molecule has 1 atom stereocenters. The second kappa shape index (κ2) is 14.4. The van der Waals surface area contributed by atoms with Gasteiger partial charge in [0.05, 0.1) is 24.5 Å². The van der Waals surface area contributed by atoms with Gasteiger partial charge in [0.1, 0.15) is 16.6 Å². The first-order valence-electron chi connectivity index (χ1n) is 17.7. The molecule has 4 amide bonds. The Bertz CT molecular complexity index is 1970. The SMILES string of the molecule is Cn1c(C(=O)NC2(NC(=O)c3nc4c(n3C)CCN(C(=O)OC(C)(C)C)C4)C=CC=C(c3ccccc3Cl)C2Cl)nc2c1CCN(C(=O)OC(C)(C)C)C2. The predicted molar refractivity (Wildman–Crippen MR) is 203 cm³/mol. The molecule has 3 aromatic rings. The summed E-state index contributed by atoms with van der Waals surface area (Å²) in [4.78, 5) is 66.7. The third kappa shape index (κ3) is 7.85. The lowest BCUT2D eigenvalue weighted by Crippen LogP contribution is -2.65. The maximum atomic E-state index is 14.3. The van der Waals surface area contributed by atoms with Crippen molar-refractivity contribution in [3.63, 3.8) is 0 Å². The van der Waals surface area contributed by atoms with Gasteiger partial charge in [0.15, 0.2) is 17.3 Å². The number of rotatable bonds is 5. The van der Waals surface area contributed by atoms with Crippen LogP contribution in [0.3, 0.4) is 0 Å². The van der Waals surface area contributed by atoms with Crippen LogP contribution in [0.2, 0.25) is 5.02 Å². The Labute approximate surface area is 324 Å². The number of alkyl halides is 1. The lowest BCUT2D eigenvalue weighted by Gasteiger charge is -2.39. The highest BCUT2D eigenvalue weighted by molar-refractivity contribution is 6.34. The smallest absolute Gasteiger partial charge is 0.410 e. The average Bonchev–Trinajstić information content (AvgIpc) is 3.60. The van der Waals surface area contributed by atoms with Gasteiger partial charge in [-0.15, -0.1) is 11.6 Å². The van der Waals surface area contributed by atoms with Gasteiger partial charge < -0.3 is 39.0 Å². The third-order valence-electron chi connectivity index (χ3n) is 9.35. The molecule has 2 aromatic heterocycles. The Morgan fingerprint density at radius 2 is 1.26 bits per heavy atom. The molecule has 0 fully saturated rings. The summed E-state index contributed by atoms with van der Waals surface area (Å²) in [6.45, 7) is 11.9. The van der Waals surface area contributed by atoms with E-state index in [4.69, 9.17) is 32.7 Å². The normalized spacial score (nSPS) is 18.0. The zero-order valence-corrected chi connectivity index (χ0v) is 33.3. The predicted octanol–water partition coefficient (Wildman–Crippen LogP) is 5.51. The van der Waals surface area contributed by atoms with E-state index in [1.165, 1.54) is 0 Å². The standard InChI is InChI=1S/C38H46Cl2N8O6/c1-36(2,3)53-34(51)47-18-15-27-25(20-47)41-30(45(27)7)32(49)43-38(17-11-13-23(29(38)40)22-12-9-10-14-24(22)39)44-33(50)31-42-26-21-48(19-16-28(26)46(31)8)35(52)54-37(4,5)6/h9-14,17,29H,15-16,18-21H2,1-8H3,(H,43,49)(H,44,50). The van der Waals surface area contributed by atoms with Crippen molar-refractivity contribution in [2.24, 2.45) is 14.1 Å². The van der Waals surface area contributed by atoms with Gasteiger partial charge in [0.25, 0.3) is 11.8 Å². The molecule has 3 aliphatic rings. The van der Waals surface area contributed by atoms with Crippen LogP contribution in [0.25, 0.3) is 5.57 Å². The molecule has 2 N–H and O–H groups in total. The van der Waals surface area contributed by atoms with Crippen LogP contribution in [0.5, 0.6) is 0 Å². The molecule has 16 heteroatoms. The van der Waals surface area contributed by atoms with E-state index in [0.29, 0.717) is 53.5 Å². The first-order valence-corrected chi connectivity index (χ1v) is 18.6. The van der Waals surface area contributed by atoms with Crippen molar-refractivity contribution in [2.45, 2.75) is 89.7 Å². The highest BCUT2D eigenvalue weighted by Gasteiger charge is 2.45. The quantitative estimate of drug-likeness (QED) is 0.254. The largest absolute Gasteiger partial charge is 0.444 e. The maximum absolute atomic E-state index is 14.3. The maximum Gasteiger partial charge on any atom is 0.410 e. The summed E-state index contributed by atoms with van der Waals surface area (Å²) in [5, 5.41) is 5.37. The van der Waals surface area contributed by atoms with Gasteiger partial charge in [-0.1, -0.05) is 42.0 Å². The molecule has 0 saturated heterocycles. The number of amides is 4. The highest BCUT2D eigenvalue weighted by Crippen LogP contribution is 2.37. The number of carbonyl (C=O) groups is 4. The number of allylic oxidation sites excluding steroid dienone is 2. The molecule has 0 bridgehead atoms. The van der Waals surface area contributed by atoms with Crippen LogP contribution in [0.1, 0.15) is 91.1 Å². The van der Waals surface area contributed by atoms with E-state index in [1.807, 2.05) is 12.1 Å². The molecule has 0 saturated carbocycles. The fourth-order valence-corrected chi connectivity index (χ4v) is 7.41. The molecule has 2 aliphatic heterocycles. The molecular formula is C38H46Cl2N8O6. The fourth-order valence-electron chi connectivity index (χ4n) is 6.80. The van der Waals surface area contributed by atoms with Gasteiger partial charge in [-0.3, -0.25) is 9.59 Å². The van der Waals surface area contributed by atoms with Crippen molar-refractivity contribution >= 4 is 52.8 Å². The summed E-state index contributed by atoms with van der Waals surface area (Å²) in [5.74, 6) is -1.08. The summed E-state index contributed by atoms with van der Waals surface area (Å²) in [5.41, 5.74) is 0.899. The zero-order valence-electron chi connectivity index (χ0n) is 31.8. The number of hydrogen-bond acceptors (Lipinski definition) is 8. The van der Waals surface area contributed by atoms with Crippen LogP contribution in [0.15, 0.2) is 42.5 Å². The van der Waals surface area contributed by atoms with Crippen molar-refractivity contribution in [1.82, 2.24) is 39.5 Å². The lowest BCUT2D eigenvalue weighted by molar-refractivity contribution is 0.0210. The number of benzene rings is 1. The number of hydrogen-bond donors (Lipinski definition) is 2. The van der Waals surface area contributed by atoms with E-state index in [1.54, 1.807) is 105 Å². The first kappa shape index (κ1) is 38.9. The number of nitrogens with one attached hydrogen (secondary N) is 2. The zero-order chi connectivity index (χ0) is 39.3. The van der Waals surface area contributed by atoms with E-state index >= 15 is 0 Å². The van der Waals surface area contributed by atoms with Crippen molar-refractivity contribution in [3.05, 3.63) is 87.5 Å².